The topological polar surface area (TPSA) is 114 Å². The lowest BCUT2D eigenvalue weighted by molar-refractivity contribution is -0.132. The average Bonchev–Trinajstić information content (AvgIpc) is 3.64. The molecule has 1 aliphatic heterocycles. The van der Waals surface area contributed by atoms with Crippen LogP contribution in [-0.4, -0.2) is 77.1 Å². The number of hydrogen-bond acceptors (Lipinski definition) is 8. The number of nitrogens with zero attached hydrogens (tertiary/aromatic N) is 4. The fraction of sp³-hybridized carbons (Fsp3) is 0.548. The molecule has 2 amide bonds. The minimum atomic E-state index is -0.641. The largest absolute Gasteiger partial charge is 0.493 e. The minimum absolute atomic E-state index is 0.105. The van der Waals surface area contributed by atoms with Crippen molar-refractivity contribution in [1.29, 1.82) is 0 Å². The number of carbonyl (C=O) groups is 2. The Kier molecular flexibility index (Phi) is 10.2. The highest BCUT2D eigenvalue weighted by Gasteiger charge is 2.25. The molecule has 5 rings (SSSR count). The molecule has 11 heteroatoms. The number of aromatic nitrogens is 2. The van der Waals surface area contributed by atoms with E-state index >= 15 is 0 Å². The van der Waals surface area contributed by atoms with Gasteiger partial charge < -0.3 is 28.8 Å². The van der Waals surface area contributed by atoms with Crippen molar-refractivity contribution < 1.29 is 27.7 Å². The molecule has 2 fully saturated rings. The standard InChI is InChI=1S/C31H40FN5O5/c1-22(33-30(38)27-10-5-18-41-27)31(39)37-15-6-13-36(16-17-37)14-7-19-40-24-11-12-25(26(32)21-24)29-34-28(42-35-29)20-23-8-3-2-4-9-23/h5,10-12,18,21-23H,2-4,6-9,13-17,19-20H2,1H3,(H,33,38)/t22-/m0/s1. The molecule has 1 atom stereocenters. The van der Waals surface area contributed by atoms with Crippen molar-refractivity contribution in [1.82, 2.24) is 25.3 Å². The molecule has 2 aliphatic rings. The molecule has 3 heterocycles. The SMILES string of the molecule is C[C@H](NC(=O)c1ccco1)C(=O)N1CCCN(CCCOc2ccc(-c3noc(CC4CCCCC4)n3)c(F)c2)CC1. The van der Waals surface area contributed by atoms with Gasteiger partial charge >= 0.3 is 0 Å². The number of furan rings is 1. The number of halogens is 1. The molecular formula is C31H40FN5O5. The minimum Gasteiger partial charge on any atom is -0.493 e. The predicted molar refractivity (Wildman–Crippen MR) is 153 cm³/mol. The Morgan fingerprint density at radius 1 is 1.12 bits per heavy atom. The zero-order chi connectivity index (χ0) is 29.3. The summed E-state index contributed by atoms with van der Waals surface area (Å²) < 4.78 is 31.2. The first-order chi connectivity index (χ1) is 20.5. The maximum Gasteiger partial charge on any atom is 0.287 e. The Hall–Kier alpha value is -3.73. The first kappa shape index (κ1) is 29.8. The van der Waals surface area contributed by atoms with Gasteiger partial charge in [-0.25, -0.2) is 4.39 Å². The van der Waals surface area contributed by atoms with E-state index < -0.39 is 17.8 Å². The lowest BCUT2D eigenvalue weighted by atomic mass is 9.87. The molecule has 0 bridgehead atoms. The van der Waals surface area contributed by atoms with Crippen LogP contribution in [0.4, 0.5) is 4.39 Å². The number of nitrogens with one attached hydrogen (secondary N) is 1. The molecule has 0 spiro atoms. The van der Waals surface area contributed by atoms with E-state index in [1.165, 1.54) is 44.4 Å². The first-order valence-electron chi connectivity index (χ1n) is 15.1. The maximum absolute atomic E-state index is 14.9. The van der Waals surface area contributed by atoms with Gasteiger partial charge in [0, 0.05) is 38.7 Å². The number of ether oxygens (including phenoxy) is 1. The van der Waals surface area contributed by atoms with Gasteiger partial charge in [0.25, 0.3) is 5.91 Å². The van der Waals surface area contributed by atoms with Crippen LogP contribution in [0.15, 0.2) is 45.5 Å². The van der Waals surface area contributed by atoms with Crippen LogP contribution in [0.1, 0.15) is 68.3 Å². The Morgan fingerprint density at radius 2 is 1.98 bits per heavy atom. The highest BCUT2D eigenvalue weighted by Crippen LogP contribution is 2.28. The lowest BCUT2D eigenvalue weighted by Gasteiger charge is -2.25. The van der Waals surface area contributed by atoms with Gasteiger partial charge in [0.1, 0.15) is 17.6 Å². The summed E-state index contributed by atoms with van der Waals surface area (Å²) in [5, 5.41) is 6.72. The fourth-order valence-corrected chi connectivity index (χ4v) is 5.76. The van der Waals surface area contributed by atoms with Crippen molar-refractivity contribution in [3.8, 4) is 17.1 Å². The number of rotatable bonds is 11. The predicted octanol–water partition coefficient (Wildman–Crippen LogP) is 4.71. The van der Waals surface area contributed by atoms with Gasteiger partial charge in [-0.05, 0) is 69.3 Å². The summed E-state index contributed by atoms with van der Waals surface area (Å²) in [4.78, 5) is 33.7. The van der Waals surface area contributed by atoms with E-state index in [0.717, 1.165) is 38.9 Å². The van der Waals surface area contributed by atoms with Crippen LogP contribution in [0.2, 0.25) is 0 Å². The smallest absolute Gasteiger partial charge is 0.287 e. The molecule has 1 aliphatic carbocycles. The molecule has 0 unspecified atom stereocenters. The van der Waals surface area contributed by atoms with Crippen LogP contribution >= 0.6 is 0 Å². The van der Waals surface area contributed by atoms with E-state index in [9.17, 15) is 14.0 Å². The van der Waals surface area contributed by atoms with Crippen LogP contribution in [0.3, 0.4) is 0 Å². The molecule has 1 saturated carbocycles. The third-order valence-electron chi connectivity index (χ3n) is 8.09. The lowest BCUT2D eigenvalue weighted by Crippen LogP contribution is -2.48. The second kappa shape index (κ2) is 14.4. The van der Waals surface area contributed by atoms with Crippen molar-refractivity contribution in [2.24, 2.45) is 5.92 Å². The molecule has 0 radical (unpaired) electrons. The first-order valence-corrected chi connectivity index (χ1v) is 15.1. The highest BCUT2D eigenvalue weighted by atomic mass is 19.1. The van der Waals surface area contributed by atoms with Crippen molar-refractivity contribution in [2.75, 3.05) is 39.3 Å². The van der Waals surface area contributed by atoms with Gasteiger partial charge in [0.15, 0.2) is 5.76 Å². The number of hydrogen-bond donors (Lipinski definition) is 1. The number of amides is 2. The van der Waals surface area contributed by atoms with Gasteiger partial charge in [-0.15, -0.1) is 0 Å². The zero-order valence-electron chi connectivity index (χ0n) is 24.2. The van der Waals surface area contributed by atoms with Gasteiger partial charge in [0.05, 0.1) is 18.4 Å². The van der Waals surface area contributed by atoms with Crippen LogP contribution in [0, 0.1) is 11.7 Å². The van der Waals surface area contributed by atoms with E-state index in [0.29, 0.717) is 42.8 Å². The van der Waals surface area contributed by atoms with E-state index in [1.54, 1.807) is 36.1 Å². The molecular weight excluding hydrogens is 541 g/mol. The molecule has 10 nitrogen and oxygen atoms in total. The summed E-state index contributed by atoms with van der Waals surface area (Å²) in [6.45, 7) is 5.78. The van der Waals surface area contributed by atoms with Crippen LogP contribution in [0.5, 0.6) is 5.75 Å². The molecule has 1 aromatic carbocycles. The van der Waals surface area contributed by atoms with E-state index in [-0.39, 0.29) is 17.5 Å². The van der Waals surface area contributed by atoms with Crippen LogP contribution in [0.25, 0.3) is 11.4 Å². The second-order valence-corrected chi connectivity index (χ2v) is 11.3. The normalized spacial score (nSPS) is 17.5. The van der Waals surface area contributed by atoms with Gasteiger partial charge in [-0.1, -0.05) is 24.4 Å². The van der Waals surface area contributed by atoms with E-state index in [4.69, 9.17) is 13.7 Å². The molecule has 42 heavy (non-hydrogen) atoms. The van der Waals surface area contributed by atoms with Gasteiger partial charge in [-0.3, -0.25) is 9.59 Å². The summed E-state index contributed by atoms with van der Waals surface area (Å²) >= 11 is 0. The van der Waals surface area contributed by atoms with Crippen molar-refractivity contribution in [3.63, 3.8) is 0 Å². The monoisotopic (exact) mass is 581 g/mol. The molecule has 2 aromatic heterocycles. The Morgan fingerprint density at radius 3 is 2.76 bits per heavy atom. The van der Waals surface area contributed by atoms with Crippen LogP contribution in [-0.2, 0) is 11.2 Å². The van der Waals surface area contributed by atoms with Gasteiger partial charge in [0.2, 0.25) is 17.6 Å². The van der Waals surface area contributed by atoms with E-state index in [2.05, 4.69) is 20.4 Å². The van der Waals surface area contributed by atoms with E-state index in [1.807, 2.05) is 0 Å². The quantitative estimate of drug-likeness (QED) is 0.324. The third-order valence-corrected chi connectivity index (χ3v) is 8.09. The number of benzene rings is 1. The zero-order valence-corrected chi connectivity index (χ0v) is 24.2. The van der Waals surface area contributed by atoms with Gasteiger partial charge in [-0.2, -0.15) is 4.98 Å². The van der Waals surface area contributed by atoms with Crippen LogP contribution < -0.4 is 10.1 Å². The van der Waals surface area contributed by atoms with Crippen molar-refractivity contribution >= 4 is 11.8 Å². The molecule has 1 saturated heterocycles. The summed E-state index contributed by atoms with van der Waals surface area (Å²) in [6, 6.07) is 7.30. The number of carbonyl (C=O) groups excluding carboxylic acids is 2. The summed E-state index contributed by atoms with van der Waals surface area (Å²) in [7, 11) is 0. The Balaban J connectivity index is 1.02. The molecule has 3 aromatic rings. The maximum atomic E-state index is 14.9. The summed E-state index contributed by atoms with van der Waals surface area (Å²) in [5.41, 5.74) is 0.305. The average molecular weight is 582 g/mol. The second-order valence-electron chi connectivity index (χ2n) is 11.3. The van der Waals surface area contributed by atoms with Crippen molar-refractivity contribution in [2.45, 2.75) is 64.3 Å². The van der Waals surface area contributed by atoms with Crippen molar-refractivity contribution in [3.05, 3.63) is 54.1 Å². The Labute approximate surface area is 245 Å². The Bertz CT molecular complexity index is 1310. The molecule has 226 valence electrons. The fourth-order valence-electron chi connectivity index (χ4n) is 5.76. The molecule has 1 N–H and O–H groups in total. The summed E-state index contributed by atoms with van der Waals surface area (Å²) in [5.74, 6) is 1.11. The third kappa shape index (κ3) is 7.96. The summed E-state index contributed by atoms with van der Waals surface area (Å²) in [6.07, 6.45) is 9.94. The highest BCUT2D eigenvalue weighted by molar-refractivity contribution is 5.95.